The van der Waals surface area contributed by atoms with Crippen LogP contribution in [0, 0.1) is 11.3 Å². The minimum absolute atomic E-state index is 0.00416. The molecule has 3 aliphatic carbocycles. The summed E-state index contributed by atoms with van der Waals surface area (Å²) in [5.74, 6) is 1.56. The number of thioether (sulfide) groups is 1. The number of allylic oxidation sites excluding steroid dienone is 3. The molecule has 0 N–H and O–H groups in total. The number of fused-ring (bicyclic) bond motifs is 12. The Morgan fingerprint density at radius 1 is 0.571 bits per heavy atom. The molecule has 1 atom stereocenters. The summed E-state index contributed by atoms with van der Waals surface area (Å²) in [4.78, 5) is 9.22. The second kappa shape index (κ2) is 18.6. The Hall–Kier alpha value is -6.89. The highest BCUT2D eigenvalue weighted by molar-refractivity contribution is 8.00. The second-order valence-electron chi connectivity index (χ2n) is 30.9. The standard InChI is InChI=1S/C78H84BN3OS/c1-72(2,3)49-25-33-53(34-26-49)80(54-35-27-50(28-36-54)73(4,5)6)57-44-64-68-65(45-57)82(56-39-31-52(32-40-56)75(10,11)12)69-67-70(77(15,16)42-41-76(67,13)14)83-71(69)79(68)62-43-48-47-78(60-23-19-17-21-58(60)59-22-18-20-24-61(59)78)84-66(48)46-63(62)81(64)55-37-29-51(30-38-55)74(7,8)9/h17-27,29-40,43-46,50H,28,41-42,47H2,1-16H3. The SMILES string of the molecule is CC(C)(C)c1ccc(N(C2=CCC(C(C)(C)C)C=C2)c2cc3c4c(c2)N(c2ccc(C(C)(C)C)cc2)c2c(oc5c2C(C)(C)CCC5(C)C)B4c2cc4c(cc2N3c2ccc(C(C)(C)C)cc2)SC2(C4)c3ccccc3-c3ccccc32)cc1. The van der Waals surface area contributed by atoms with Crippen molar-refractivity contribution in [3.63, 3.8) is 0 Å². The van der Waals surface area contributed by atoms with Crippen LogP contribution in [0.2, 0.25) is 0 Å². The lowest BCUT2D eigenvalue weighted by Crippen LogP contribution is -2.61. The number of anilines is 8. The largest absolute Gasteiger partial charge is 0.472 e. The molecule has 6 heteroatoms. The van der Waals surface area contributed by atoms with E-state index in [1.165, 1.54) is 94.3 Å². The van der Waals surface area contributed by atoms with Crippen molar-refractivity contribution < 1.29 is 4.42 Å². The first-order chi connectivity index (χ1) is 39.6. The Morgan fingerprint density at radius 2 is 1.10 bits per heavy atom. The molecule has 0 saturated carbocycles. The number of benzene rings is 7. The van der Waals surface area contributed by atoms with Crippen LogP contribution in [-0.4, -0.2) is 6.71 Å². The Morgan fingerprint density at radius 3 is 1.63 bits per heavy atom. The zero-order chi connectivity index (χ0) is 59.0. The predicted molar refractivity (Wildman–Crippen MR) is 360 cm³/mol. The summed E-state index contributed by atoms with van der Waals surface area (Å²) in [6.07, 6.45) is 11.4. The van der Waals surface area contributed by atoms with E-state index in [4.69, 9.17) is 4.42 Å². The summed E-state index contributed by atoms with van der Waals surface area (Å²) in [7, 11) is 0. The Bertz CT molecular complexity index is 4000. The highest BCUT2D eigenvalue weighted by Gasteiger charge is 2.55. The smallest absolute Gasteiger partial charge is 0.297 e. The van der Waals surface area contributed by atoms with Crippen molar-refractivity contribution in [2.24, 2.45) is 11.3 Å². The van der Waals surface area contributed by atoms with Crippen LogP contribution in [0.4, 0.5) is 45.5 Å². The number of rotatable bonds is 5. The van der Waals surface area contributed by atoms with Gasteiger partial charge in [-0.3, -0.25) is 0 Å². The Balaban J connectivity index is 1.10. The number of furan rings is 1. The van der Waals surface area contributed by atoms with Gasteiger partial charge >= 0.3 is 0 Å². The van der Waals surface area contributed by atoms with Crippen molar-refractivity contribution in [2.45, 2.75) is 173 Å². The molecule has 8 aromatic rings. The first-order valence-corrected chi connectivity index (χ1v) is 32.0. The lowest BCUT2D eigenvalue weighted by Gasteiger charge is -2.45. The van der Waals surface area contributed by atoms with Gasteiger partial charge in [-0.1, -0.05) is 214 Å². The highest BCUT2D eigenvalue weighted by Crippen LogP contribution is 2.64. The van der Waals surface area contributed by atoms with Crippen molar-refractivity contribution in [3.8, 4) is 11.1 Å². The summed E-state index contributed by atoms with van der Waals surface area (Å²) in [5.41, 5.74) is 26.3. The minimum atomic E-state index is -0.244. The van der Waals surface area contributed by atoms with Crippen LogP contribution in [0.5, 0.6) is 0 Å². The van der Waals surface area contributed by atoms with Crippen LogP contribution < -0.4 is 31.3 Å². The van der Waals surface area contributed by atoms with Gasteiger partial charge in [0.1, 0.15) is 5.76 Å². The molecule has 0 bridgehead atoms. The van der Waals surface area contributed by atoms with Gasteiger partial charge in [0.05, 0.1) is 21.8 Å². The van der Waals surface area contributed by atoms with Gasteiger partial charge in [0.2, 0.25) is 0 Å². The van der Waals surface area contributed by atoms with Crippen LogP contribution in [0.25, 0.3) is 11.1 Å². The third-order valence-electron chi connectivity index (χ3n) is 20.1. The summed E-state index contributed by atoms with van der Waals surface area (Å²) in [6, 6.07) is 57.3. The molecule has 7 aromatic carbocycles. The maximum absolute atomic E-state index is 7.94. The summed E-state index contributed by atoms with van der Waals surface area (Å²) < 4.78 is 7.69. The molecule has 84 heavy (non-hydrogen) atoms. The topological polar surface area (TPSA) is 22.9 Å². The molecule has 3 aliphatic heterocycles. The number of nitrogens with zero attached hydrogens (tertiary/aromatic N) is 3. The lowest BCUT2D eigenvalue weighted by atomic mass is 9.35. The van der Waals surface area contributed by atoms with E-state index in [0.717, 1.165) is 59.9 Å². The normalized spacial score (nSPS) is 18.6. The molecule has 0 fully saturated rings. The summed E-state index contributed by atoms with van der Waals surface area (Å²) in [6.45, 7) is 37.6. The van der Waals surface area contributed by atoms with E-state index in [-0.39, 0.29) is 43.9 Å². The zero-order valence-corrected chi connectivity index (χ0v) is 53.5. The molecule has 14 rings (SSSR count). The van der Waals surface area contributed by atoms with Gasteiger partial charge in [-0.15, -0.1) is 11.8 Å². The van der Waals surface area contributed by atoms with Crippen molar-refractivity contribution in [3.05, 3.63) is 214 Å². The lowest BCUT2D eigenvalue weighted by molar-refractivity contribution is 0.282. The predicted octanol–water partition coefficient (Wildman–Crippen LogP) is 19.8. The molecule has 1 spiro atoms. The summed E-state index contributed by atoms with van der Waals surface area (Å²) in [5, 5.41) is 0. The van der Waals surface area contributed by atoms with E-state index < -0.39 is 0 Å². The Labute approximate surface area is 506 Å². The maximum atomic E-state index is 7.94. The Kier molecular flexibility index (Phi) is 12.2. The average Bonchev–Trinajstić information content (AvgIpc) is 1.35. The van der Waals surface area contributed by atoms with Crippen LogP contribution in [-0.2, 0) is 38.2 Å². The molecule has 0 radical (unpaired) electrons. The zero-order valence-electron chi connectivity index (χ0n) is 52.7. The molecule has 426 valence electrons. The van der Waals surface area contributed by atoms with E-state index in [0.29, 0.717) is 5.92 Å². The van der Waals surface area contributed by atoms with Crippen molar-refractivity contribution in [2.75, 3.05) is 14.7 Å². The molecule has 1 unspecified atom stereocenters. The first kappa shape index (κ1) is 55.0. The molecule has 0 amide bonds. The van der Waals surface area contributed by atoms with E-state index in [2.05, 4.69) is 301 Å². The van der Waals surface area contributed by atoms with Gasteiger partial charge < -0.3 is 19.1 Å². The molecular formula is C78H84BN3OS. The monoisotopic (exact) mass is 1120 g/mol. The third-order valence-corrected chi connectivity index (χ3v) is 21.7. The average molecular weight is 1120 g/mol. The van der Waals surface area contributed by atoms with E-state index >= 15 is 0 Å². The fourth-order valence-corrected chi connectivity index (χ4v) is 16.6. The number of hydrogen-bond acceptors (Lipinski definition) is 5. The van der Waals surface area contributed by atoms with Gasteiger partial charge in [-0.2, -0.15) is 0 Å². The number of hydrogen-bond donors (Lipinski definition) is 0. The van der Waals surface area contributed by atoms with Gasteiger partial charge in [0.15, 0.2) is 0 Å². The van der Waals surface area contributed by atoms with Crippen LogP contribution in [0.3, 0.4) is 0 Å². The fourth-order valence-electron chi connectivity index (χ4n) is 15.0. The molecule has 4 heterocycles. The molecule has 6 aliphatic rings. The maximum Gasteiger partial charge on any atom is 0.297 e. The second-order valence-corrected chi connectivity index (χ2v) is 32.3. The molecule has 1 aromatic heterocycles. The quantitative estimate of drug-likeness (QED) is 0.160. The van der Waals surface area contributed by atoms with Gasteiger partial charge in [-0.05, 0) is 175 Å². The van der Waals surface area contributed by atoms with Gasteiger partial charge in [0, 0.05) is 55.7 Å². The van der Waals surface area contributed by atoms with Gasteiger partial charge in [0.25, 0.3) is 6.71 Å². The van der Waals surface area contributed by atoms with Crippen molar-refractivity contribution in [1.82, 2.24) is 0 Å². The van der Waals surface area contributed by atoms with Crippen LogP contribution >= 0.6 is 11.8 Å². The first-order valence-electron chi connectivity index (χ1n) is 31.1. The molecule has 4 nitrogen and oxygen atoms in total. The highest BCUT2D eigenvalue weighted by atomic mass is 32.2. The minimum Gasteiger partial charge on any atom is -0.472 e. The van der Waals surface area contributed by atoms with E-state index in [9.17, 15) is 0 Å². The van der Waals surface area contributed by atoms with Crippen molar-refractivity contribution >= 4 is 80.6 Å². The molecular weight excluding hydrogens is 1040 g/mol. The van der Waals surface area contributed by atoms with E-state index in [1.54, 1.807) is 0 Å². The fraction of sp³-hybridized carbons (Fsp3) is 0.359. The van der Waals surface area contributed by atoms with Gasteiger partial charge in [-0.25, -0.2) is 0 Å². The third kappa shape index (κ3) is 8.52. The summed E-state index contributed by atoms with van der Waals surface area (Å²) >= 11 is 2.07. The van der Waals surface area contributed by atoms with E-state index in [1.807, 2.05) is 0 Å². The van der Waals surface area contributed by atoms with Crippen LogP contribution in [0.1, 0.15) is 175 Å². The molecule has 0 saturated heterocycles. The van der Waals surface area contributed by atoms with Crippen LogP contribution in [0.15, 0.2) is 179 Å². The van der Waals surface area contributed by atoms with Crippen molar-refractivity contribution in [1.29, 1.82) is 0 Å².